The Labute approximate surface area is 135 Å². The van der Waals surface area contributed by atoms with Gasteiger partial charge >= 0.3 is 0 Å². The monoisotopic (exact) mass is 317 g/mol. The zero-order chi connectivity index (χ0) is 14.7. The highest BCUT2D eigenvalue weighted by Crippen LogP contribution is 2.41. The van der Waals surface area contributed by atoms with Crippen molar-refractivity contribution in [3.8, 4) is 0 Å². The molecule has 4 heterocycles. The van der Waals surface area contributed by atoms with Crippen molar-refractivity contribution in [3.63, 3.8) is 0 Å². The normalized spacial score (nSPS) is 29.1. The van der Waals surface area contributed by atoms with Crippen LogP contribution in [-0.4, -0.2) is 53.8 Å². The van der Waals surface area contributed by atoms with Crippen LogP contribution in [0.5, 0.6) is 0 Å². The number of hydrogen-bond donors (Lipinski definition) is 1. The van der Waals surface area contributed by atoms with Gasteiger partial charge in [-0.1, -0.05) is 11.6 Å². The summed E-state index contributed by atoms with van der Waals surface area (Å²) in [7, 11) is 0. The molecular weight excluding hydrogens is 298 g/mol. The van der Waals surface area contributed by atoms with Crippen molar-refractivity contribution in [2.45, 2.75) is 25.0 Å². The maximum absolute atomic E-state index is 6.20. The first-order valence-corrected chi connectivity index (χ1v) is 8.56. The lowest BCUT2D eigenvalue weighted by atomic mass is 9.92. The third-order valence-electron chi connectivity index (χ3n) is 5.54. The summed E-state index contributed by atoms with van der Waals surface area (Å²) in [5, 5.41) is 2.14. The van der Waals surface area contributed by atoms with Gasteiger partial charge < -0.3 is 9.72 Å². The molecule has 5 rings (SSSR count). The SMILES string of the molecule is Clc1ccc2[nH]c3c(c2c1)CCN1[C@@H]3CCN2CCOC[C@H]21. The van der Waals surface area contributed by atoms with E-state index in [2.05, 4.69) is 26.9 Å². The maximum atomic E-state index is 6.20. The van der Waals surface area contributed by atoms with Crippen molar-refractivity contribution >= 4 is 22.5 Å². The van der Waals surface area contributed by atoms with Crippen LogP contribution in [0.15, 0.2) is 18.2 Å². The lowest BCUT2D eigenvalue weighted by molar-refractivity contribution is -0.120. The lowest BCUT2D eigenvalue weighted by Gasteiger charge is -2.51. The third kappa shape index (κ3) is 1.88. The number of H-pyrrole nitrogens is 1. The van der Waals surface area contributed by atoms with Gasteiger partial charge in [0.25, 0.3) is 0 Å². The van der Waals surface area contributed by atoms with Gasteiger partial charge in [0.05, 0.1) is 25.4 Å². The van der Waals surface area contributed by atoms with Gasteiger partial charge in [-0.2, -0.15) is 0 Å². The summed E-state index contributed by atoms with van der Waals surface area (Å²) >= 11 is 6.20. The fourth-order valence-electron chi connectivity index (χ4n) is 4.50. The molecule has 2 saturated heterocycles. The van der Waals surface area contributed by atoms with Crippen LogP contribution in [0.1, 0.15) is 23.7 Å². The molecule has 1 aromatic heterocycles. The molecule has 2 aromatic rings. The van der Waals surface area contributed by atoms with E-state index >= 15 is 0 Å². The van der Waals surface area contributed by atoms with Crippen molar-refractivity contribution < 1.29 is 4.74 Å². The zero-order valence-corrected chi connectivity index (χ0v) is 13.3. The molecule has 1 aromatic carbocycles. The fraction of sp³-hybridized carbons (Fsp3) is 0.529. The van der Waals surface area contributed by atoms with Gasteiger partial charge in [-0.05, 0) is 36.6 Å². The molecule has 22 heavy (non-hydrogen) atoms. The minimum absolute atomic E-state index is 0.454. The number of aromatic nitrogens is 1. The summed E-state index contributed by atoms with van der Waals surface area (Å²) in [6, 6.07) is 6.69. The van der Waals surface area contributed by atoms with Gasteiger partial charge in [-0.15, -0.1) is 0 Å². The predicted octanol–water partition coefficient (Wildman–Crippen LogP) is 2.78. The molecular formula is C17H20ClN3O. The number of nitrogens with zero attached hydrogens (tertiary/aromatic N) is 2. The largest absolute Gasteiger partial charge is 0.377 e. The minimum atomic E-state index is 0.454. The van der Waals surface area contributed by atoms with Crippen molar-refractivity contribution in [1.29, 1.82) is 0 Å². The van der Waals surface area contributed by atoms with Gasteiger partial charge in [0.1, 0.15) is 0 Å². The summed E-state index contributed by atoms with van der Waals surface area (Å²) in [6.45, 7) is 5.08. The Bertz CT molecular complexity index is 728. The van der Waals surface area contributed by atoms with Crippen LogP contribution in [0.3, 0.4) is 0 Å². The summed E-state index contributed by atoms with van der Waals surface area (Å²) < 4.78 is 5.74. The Kier molecular flexibility index (Phi) is 3.02. The Morgan fingerprint density at radius 3 is 3.14 bits per heavy atom. The van der Waals surface area contributed by atoms with Crippen LogP contribution < -0.4 is 0 Å². The van der Waals surface area contributed by atoms with E-state index in [1.807, 2.05) is 6.07 Å². The second-order valence-electron chi connectivity index (χ2n) is 6.59. The summed E-state index contributed by atoms with van der Waals surface area (Å²) in [4.78, 5) is 8.91. The van der Waals surface area contributed by atoms with E-state index in [9.17, 15) is 0 Å². The average Bonchev–Trinajstić information content (AvgIpc) is 2.92. The molecule has 0 bridgehead atoms. The summed E-state index contributed by atoms with van der Waals surface area (Å²) in [6.07, 6.45) is 2.75. The number of nitrogens with one attached hydrogen (secondary N) is 1. The number of hydrogen-bond acceptors (Lipinski definition) is 3. The number of morpholine rings is 1. The highest BCUT2D eigenvalue weighted by molar-refractivity contribution is 6.31. The van der Waals surface area contributed by atoms with E-state index in [4.69, 9.17) is 16.3 Å². The van der Waals surface area contributed by atoms with Crippen LogP contribution in [0.4, 0.5) is 0 Å². The van der Waals surface area contributed by atoms with Crippen molar-refractivity contribution in [3.05, 3.63) is 34.5 Å². The molecule has 0 saturated carbocycles. The van der Waals surface area contributed by atoms with Crippen LogP contribution >= 0.6 is 11.6 Å². The topological polar surface area (TPSA) is 31.5 Å². The van der Waals surface area contributed by atoms with Gasteiger partial charge in [-0.25, -0.2) is 0 Å². The van der Waals surface area contributed by atoms with Crippen LogP contribution in [0.25, 0.3) is 10.9 Å². The number of halogens is 1. The molecule has 116 valence electrons. The average molecular weight is 318 g/mol. The molecule has 3 aliphatic rings. The first-order chi connectivity index (χ1) is 10.8. The highest BCUT2D eigenvalue weighted by atomic mass is 35.5. The highest BCUT2D eigenvalue weighted by Gasteiger charge is 2.41. The van der Waals surface area contributed by atoms with Crippen molar-refractivity contribution in [1.82, 2.24) is 14.8 Å². The third-order valence-corrected chi connectivity index (χ3v) is 5.77. The lowest BCUT2D eigenvalue weighted by Crippen LogP contribution is -2.61. The number of benzene rings is 1. The summed E-state index contributed by atoms with van der Waals surface area (Å²) in [5.41, 5.74) is 4.11. The molecule has 2 atom stereocenters. The molecule has 0 amide bonds. The number of fused-ring (bicyclic) bond motifs is 7. The Morgan fingerprint density at radius 1 is 1.23 bits per heavy atom. The molecule has 2 fully saturated rings. The molecule has 0 spiro atoms. The second-order valence-corrected chi connectivity index (χ2v) is 7.03. The fourth-order valence-corrected chi connectivity index (χ4v) is 4.68. The number of aromatic amines is 1. The van der Waals surface area contributed by atoms with E-state index < -0.39 is 0 Å². The van der Waals surface area contributed by atoms with E-state index in [0.717, 1.165) is 37.7 Å². The predicted molar refractivity (Wildman–Crippen MR) is 87.3 cm³/mol. The Hall–Kier alpha value is -1.07. The van der Waals surface area contributed by atoms with Crippen molar-refractivity contribution in [2.75, 3.05) is 32.8 Å². The number of rotatable bonds is 0. The van der Waals surface area contributed by atoms with Crippen molar-refractivity contribution in [2.24, 2.45) is 0 Å². The molecule has 0 aliphatic carbocycles. The van der Waals surface area contributed by atoms with E-state index in [-0.39, 0.29) is 0 Å². The zero-order valence-electron chi connectivity index (χ0n) is 12.5. The van der Waals surface area contributed by atoms with Gasteiger partial charge in [0.15, 0.2) is 0 Å². The quantitative estimate of drug-likeness (QED) is 0.811. The standard InChI is InChI=1S/C17H20ClN3O/c18-11-1-2-14-13(9-11)12-3-6-21-15(17(12)19-14)4-5-20-7-8-22-10-16(20)21/h1-2,9,15-16,19H,3-8,10H2/t15-,16-/m1/s1. The molecule has 5 heteroatoms. The molecule has 0 unspecified atom stereocenters. The first kappa shape index (κ1) is 13.4. The summed E-state index contributed by atoms with van der Waals surface area (Å²) in [5.74, 6) is 0. The van der Waals surface area contributed by atoms with E-state index in [0.29, 0.717) is 12.2 Å². The molecule has 1 N–H and O–H groups in total. The van der Waals surface area contributed by atoms with Gasteiger partial charge in [0, 0.05) is 41.3 Å². The maximum Gasteiger partial charge on any atom is 0.0870 e. The Balaban J connectivity index is 1.58. The van der Waals surface area contributed by atoms with E-state index in [1.54, 1.807) is 0 Å². The second kappa shape index (κ2) is 4.96. The molecule has 0 radical (unpaired) electrons. The van der Waals surface area contributed by atoms with Gasteiger partial charge in [0.2, 0.25) is 0 Å². The van der Waals surface area contributed by atoms with Gasteiger partial charge in [-0.3, -0.25) is 9.80 Å². The molecule has 4 nitrogen and oxygen atoms in total. The Morgan fingerprint density at radius 2 is 2.18 bits per heavy atom. The number of ether oxygens (including phenoxy) is 1. The van der Waals surface area contributed by atoms with Crippen LogP contribution in [0.2, 0.25) is 5.02 Å². The van der Waals surface area contributed by atoms with Crippen LogP contribution in [-0.2, 0) is 11.2 Å². The first-order valence-electron chi connectivity index (χ1n) is 8.19. The van der Waals surface area contributed by atoms with E-state index in [1.165, 1.54) is 35.1 Å². The smallest absolute Gasteiger partial charge is 0.0870 e. The van der Waals surface area contributed by atoms with Crippen LogP contribution in [0, 0.1) is 0 Å². The minimum Gasteiger partial charge on any atom is -0.377 e. The molecule has 3 aliphatic heterocycles.